The molecule has 0 saturated carbocycles. The van der Waals surface area contributed by atoms with E-state index in [9.17, 15) is 4.79 Å². The van der Waals surface area contributed by atoms with E-state index in [0.29, 0.717) is 44.4 Å². The summed E-state index contributed by atoms with van der Waals surface area (Å²) in [7, 11) is 0. The van der Waals surface area contributed by atoms with Gasteiger partial charge in [0.25, 0.3) is 0 Å². The zero-order valence-corrected chi connectivity index (χ0v) is 12.9. The summed E-state index contributed by atoms with van der Waals surface area (Å²) < 4.78 is 21.9. The molecule has 0 amide bonds. The molecule has 4 aromatic rings. The maximum atomic E-state index is 11.9. The summed E-state index contributed by atoms with van der Waals surface area (Å²) in [6.45, 7) is 0.147. The summed E-state index contributed by atoms with van der Waals surface area (Å²) in [4.78, 5) is 11.9. The van der Waals surface area contributed by atoms with Crippen LogP contribution in [-0.2, 0) is 0 Å². The van der Waals surface area contributed by atoms with Gasteiger partial charge in [0.2, 0.25) is 6.79 Å². The lowest BCUT2D eigenvalue weighted by molar-refractivity contribution is 0.174. The van der Waals surface area contributed by atoms with Gasteiger partial charge in [0.15, 0.2) is 11.5 Å². The van der Waals surface area contributed by atoms with Crippen molar-refractivity contribution >= 4 is 33.5 Å². The zero-order chi connectivity index (χ0) is 16.3. The lowest BCUT2D eigenvalue weighted by atomic mass is 10.1. The summed E-state index contributed by atoms with van der Waals surface area (Å²) in [5.41, 5.74) is 1.28. The van der Waals surface area contributed by atoms with E-state index in [4.69, 9.17) is 29.9 Å². The van der Waals surface area contributed by atoms with Gasteiger partial charge in [-0.1, -0.05) is 11.6 Å². The summed E-state index contributed by atoms with van der Waals surface area (Å²) in [6.07, 6.45) is 0. The van der Waals surface area contributed by atoms with Gasteiger partial charge >= 0.3 is 5.63 Å². The predicted octanol–water partition coefficient (Wildman–Crippen LogP) is 4.59. The third-order valence-electron chi connectivity index (χ3n) is 3.98. The SMILES string of the molecule is O=c1cc(-c2cc3cc(Cl)ccc3o2)c2cc3c(cc2o1)OCO3. The average molecular weight is 341 g/mol. The van der Waals surface area contributed by atoms with E-state index >= 15 is 0 Å². The Morgan fingerprint density at radius 1 is 0.875 bits per heavy atom. The summed E-state index contributed by atoms with van der Waals surface area (Å²) >= 11 is 6.02. The molecule has 1 aliphatic heterocycles. The Morgan fingerprint density at radius 3 is 2.58 bits per heavy atom. The van der Waals surface area contributed by atoms with Gasteiger partial charge in [-0.25, -0.2) is 4.79 Å². The minimum Gasteiger partial charge on any atom is -0.456 e. The quantitative estimate of drug-likeness (QED) is 0.474. The van der Waals surface area contributed by atoms with Crippen molar-refractivity contribution in [3.05, 3.63) is 57.9 Å². The summed E-state index contributed by atoms with van der Waals surface area (Å²) in [5.74, 6) is 1.72. The second kappa shape index (κ2) is 4.79. The van der Waals surface area contributed by atoms with Crippen molar-refractivity contribution in [1.29, 1.82) is 0 Å². The summed E-state index contributed by atoms with van der Waals surface area (Å²) in [6, 6.07) is 12.1. The van der Waals surface area contributed by atoms with Crippen molar-refractivity contribution < 1.29 is 18.3 Å². The normalized spacial score (nSPS) is 13.0. The monoisotopic (exact) mass is 340 g/mol. The first kappa shape index (κ1) is 13.5. The molecule has 0 bridgehead atoms. The van der Waals surface area contributed by atoms with E-state index in [1.165, 1.54) is 6.07 Å². The maximum absolute atomic E-state index is 11.9. The van der Waals surface area contributed by atoms with Crippen molar-refractivity contribution in [2.75, 3.05) is 6.79 Å². The molecule has 24 heavy (non-hydrogen) atoms. The maximum Gasteiger partial charge on any atom is 0.336 e. The van der Waals surface area contributed by atoms with E-state index in [2.05, 4.69) is 0 Å². The Bertz CT molecular complexity index is 1170. The van der Waals surface area contributed by atoms with Gasteiger partial charge in [0.1, 0.15) is 16.9 Å². The molecule has 0 aliphatic carbocycles. The Morgan fingerprint density at radius 2 is 1.71 bits per heavy atom. The summed E-state index contributed by atoms with van der Waals surface area (Å²) in [5, 5.41) is 2.19. The van der Waals surface area contributed by atoms with Gasteiger partial charge in [-0.3, -0.25) is 0 Å². The molecule has 0 unspecified atom stereocenters. The van der Waals surface area contributed by atoms with Gasteiger partial charge in [-0.05, 0) is 30.3 Å². The highest BCUT2D eigenvalue weighted by atomic mass is 35.5. The molecule has 0 N–H and O–H groups in total. The second-order valence-electron chi connectivity index (χ2n) is 5.47. The smallest absolute Gasteiger partial charge is 0.336 e. The number of furan rings is 1. The number of halogens is 1. The number of ether oxygens (including phenoxy) is 2. The first-order valence-corrected chi connectivity index (χ1v) is 7.62. The van der Waals surface area contributed by atoms with Gasteiger partial charge in [-0.15, -0.1) is 0 Å². The Hall–Kier alpha value is -2.92. The van der Waals surface area contributed by atoms with Crippen LogP contribution in [0, 0.1) is 0 Å². The molecule has 5 nitrogen and oxygen atoms in total. The van der Waals surface area contributed by atoms with Crippen LogP contribution in [0.5, 0.6) is 11.5 Å². The van der Waals surface area contributed by atoms with Crippen LogP contribution in [0.2, 0.25) is 5.02 Å². The molecule has 3 heterocycles. The Labute approximate surface area is 140 Å². The fraction of sp³-hybridized carbons (Fsp3) is 0.0556. The minimum absolute atomic E-state index is 0.147. The van der Waals surface area contributed by atoms with Crippen molar-refractivity contribution in [3.63, 3.8) is 0 Å². The van der Waals surface area contributed by atoms with Crippen LogP contribution in [0.15, 0.2) is 56.1 Å². The van der Waals surface area contributed by atoms with Crippen molar-refractivity contribution in [2.45, 2.75) is 0 Å². The molecule has 0 radical (unpaired) electrons. The number of hydrogen-bond donors (Lipinski definition) is 0. The van der Waals surface area contributed by atoms with Gasteiger partial charge < -0.3 is 18.3 Å². The second-order valence-corrected chi connectivity index (χ2v) is 5.91. The predicted molar refractivity (Wildman–Crippen MR) is 88.8 cm³/mol. The Balaban J connectivity index is 1.82. The van der Waals surface area contributed by atoms with Gasteiger partial charge in [0, 0.05) is 33.5 Å². The molecule has 0 fully saturated rings. The third kappa shape index (κ3) is 1.98. The van der Waals surface area contributed by atoms with Crippen LogP contribution in [0.4, 0.5) is 0 Å². The topological polar surface area (TPSA) is 61.8 Å². The van der Waals surface area contributed by atoms with Crippen LogP contribution in [0.1, 0.15) is 0 Å². The van der Waals surface area contributed by atoms with Crippen LogP contribution < -0.4 is 15.1 Å². The average Bonchev–Trinajstić information content (AvgIpc) is 3.17. The molecule has 1 aliphatic rings. The first-order chi connectivity index (χ1) is 11.7. The molecule has 2 aromatic carbocycles. The van der Waals surface area contributed by atoms with Crippen LogP contribution >= 0.6 is 11.6 Å². The lowest BCUT2D eigenvalue weighted by Crippen LogP contribution is -1.97. The molecule has 0 saturated heterocycles. The number of fused-ring (bicyclic) bond motifs is 3. The molecule has 6 heteroatoms. The third-order valence-corrected chi connectivity index (χ3v) is 4.22. The molecular formula is C18H9ClO5. The molecule has 0 atom stereocenters. The van der Waals surface area contributed by atoms with Crippen molar-refractivity contribution in [2.24, 2.45) is 0 Å². The molecule has 118 valence electrons. The zero-order valence-electron chi connectivity index (χ0n) is 12.2. The highest BCUT2D eigenvalue weighted by Crippen LogP contribution is 2.40. The first-order valence-electron chi connectivity index (χ1n) is 7.24. The van der Waals surface area contributed by atoms with Crippen LogP contribution in [0.3, 0.4) is 0 Å². The molecule has 0 spiro atoms. The number of hydrogen-bond acceptors (Lipinski definition) is 5. The largest absolute Gasteiger partial charge is 0.456 e. The van der Waals surface area contributed by atoms with E-state index in [-0.39, 0.29) is 6.79 Å². The number of rotatable bonds is 1. The highest BCUT2D eigenvalue weighted by molar-refractivity contribution is 6.31. The molecule has 5 rings (SSSR count). The fourth-order valence-electron chi connectivity index (χ4n) is 2.90. The van der Waals surface area contributed by atoms with Crippen molar-refractivity contribution in [3.8, 4) is 22.8 Å². The van der Waals surface area contributed by atoms with Crippen molar-refractivity contribution in [1.82, 2.24) is 0 Å². The minimum atomic E-state index is -0.463. The van der Waals surface area contributed by atoms with Gasteiger partial charge in [-0.2, -0.15) is 0 Å². The van der Waals surface area contributed by atoms with E-state index in [1.54, 1.807) is 24.3 Å². The van der Waals surface area contributed by atoms with E-state index in [0.717, 1.165) is 5.39 Å². The van der Waals surface area contributed by atoms with E-state index in [1.807, 2.05) is 12.1 Å². The number of benzene rings is 2. The van der Waals surface area contributed by atoms with Crippen LogP contribution in [0.25, 0.3) is 33.3 Å². The molecule has 2 aromatic heterocycles. The fourth-order valence-corrected chi connectivity index (χ4v) is 3.08. The standard InChI is InChI=1S/C18H9ClO5/c19-10-1-2-13-9(3-10)4-14(23-13)12-6-18(20)24-15-7-17-16(5-11(12)15)21-8-22-17/h1-7H,8H2. The van der Waals surface area contributed by atoms with Gasteiger partial charge in [0.05, 0.1) is 0 Å². The van der Waals surface area contributed by atoms with Crippen LogP contribution in [-0.4, -0.2) is 6.79 Å². The molecular weight excluding hydrogens is 332 g/mol. The Kier molecular flexibility index (Phi) is 2.69. The van der Waals surface area contributed by atoms with E-state index < -0.39 is 5.63 Å². The highest BCUT2D eigenvalue weighted by Gasteiger charge is 2.19. The lowest BCUT2D eigenvalue weighted by Gasteiger charge is -2.04.